The minimum Gasteiger partial charge on any atom is -0.460 e. The lowest BCUT2D eigenvalue weighted by atomic mass is 10.1. The van der Waals surface area contributed by atoms with Crippen LogP contribution in [-0.4, -0.2) is 23.3 Å². The molecule has 0 spiro atoms. The maximum absolute atomic E-state index is 11.0. The van der Waals surface area contributed by atoms with Crippen molar-refractivity contribution in [1.82, 2.24) is 0 Å². The van der Waals surface area contributed by atoms with Crippen molar-refractivity contribution in [1.29, 1.82) is 0 Å². The third-order valence-corrected chi connectivity index (χ3v) is 1.66. The molecule has 82 valence electrons. The van der Waals surface area contributed by atoms with Crippen molar-refractivity contribution in [2.75, 3.05) is 0 Å². The van der Waals surface area contributed by atoms with Gasteiger partial charge in [-0.25, -0.2) is 4.79 Å². The second kappa shape index (κ2) is 7.56. The van der Waals surface area contributed by atoms with Gasteiger partial charge in [0.1, 0.15) is 0 Å². The summed E-state index contributed by atoms with van der Waals surface area (Å²) in [4.78, 5) is 11.0. The van der Waals surface area contributed by atoms with Crippen molar-refractivity contribution in [2.45, 2.75) is 52.2 Å². The molecule has 0 aromatic carbocycles. The van der Waals surface area contributed by atoms with Gasteiger partial charge in [-0.2, -0.15) is 0 Å². The molecule has 0 fully saturated rings. The summed E-state index contributed by atoms with van der Waals surface area (Å²) in [7, 11) is 0. The van der Waals surface area contributed by atoms with Crippen molar-refractivity contribution in [2.24, 2.45) is 0 Å². The minimum atomic E-state index is -0.533. The number of aliphatic hydroxyl groups is 1. The van der Waals surface area contributed by atoms with E-state index in [1.807, 2.05) is 0 Å². The fraction of sp³-hybridized carbons (Fsp3) is 0.727. The van der Waals surface area contributed by atoms with Gasteiger partial charge in [0.25, 0.3) is 0 Å². The molecule has 0 aromatic rings. The Balaban J connectivity index is 3.73. The Labute approximate surface area is 85.8 Å². The van der Waals surface area contributed by atoms with E-state index >= 15 is 0 Å². The molecule has 0 saturated carbocycles. The van der Waals surface area contributed by atoms with Crippen molar-refractivity contribution in [3.8, 4) is 0 Å². The van der Waals surface area contributed by atoms with Crippen LogP contribution in [0.15, 0.2) is 12.2 Å². The van der Waals surface area contributed by atoms with E-state index in [9.17, 15) is 9.90 Å². The van der Waals surface area contributed by atoms with Crippen LogP contribution in [0.1, 0.15) is 40.0 Å². The fourth-order valence-corrected chi connectivity index (χ4v) is 0.971. The molecule has 1 N–H and O–H groups in total. The lowest BCUT2D eigenvalue weighted by Crippen LogP contribution is -2.10. The van der Waals surface area contributed by atoms with Crippen LogP contribution >= 0.6 is 0 Å². The molecule has 0 heterocycles. The molecule has 0 bridgehead atoms. The Bertz CT molecular complexity index is 185. The summed E-state index contributed by atoms with van der Waals surface area (Å²) < 4.78 is 4.87. The summed E-state index contributed by atoms with van der Waals surface area (Å²) in [5.41, 5.74) is 0. The van der Waals surface area contributed by atoms with E-state index in [1.54, 1.807) is 13.8 Å². The molecule has 14 heavy (non-hydrogen) atoms. The van der Waals surface area contributed by atoms with E-state index in [0.29, 0.717) is 6.42 Å². The van der Waals surface area contributed by atoms with Crippen LogP contribution < -0.4 is 0 Å². The standard InChI is InChI=1S/C11H20O3/c1-4-5-6-10(12)7-8-11(13)14-9(2)3/h7-10,12H,4-6H2,1-3H3/b8-7+/t10-/m1/s1. The number of ether oxygens (including phenoxy) is 1. The molecule has 0 aromatic heterocycles. The Morgan fingerprint density at radius 2 is 2.14 bits per heavy atom. The minimum absolute atomic E-state index is 0.111. The number of hydrogen-bond donors (Lipinski definition) is 1. The highest BCUT2D eigenvalue weighted by Gasteiger charge is 2.02. The number of unbranched alkanes of at least 4 members (excludes halogenated alkanes) is 1. The zero-order chi connectivity index (χ0) is 11.0. The molecular formula is C11H20O3. The van der Waals surface area contributed by atoms with Crippen molar-refractivity contribution >= 4 is 5.97 Å². The van der Waals surface area contributed by atoms with E-state index in [-0.39, 0.29) is 6.10 Å². The normalized spacial score (nSPS) is 13.5. The van der Waals surface area contributed by atoms with E-state index in [4.69, 9.17) is 4.74 Å². The Hall–Kier alpha value is -0.830. The third-order valence-electron chi connectivity index (χ3n) is 1.66. The number of aliphatic hydroxyl groups excluding tert-OH is 1. The molecule has 0 radical (unpaired) electrons. The van der Waals surface area contributed by atoms with Crippen molar-refractivity contribution < 1.29 is 14.6 Å². The van der Waals surface area contributed by atoms with E-state index in [1.165, 1.54) is 12.2 Å². The highest BCUT2D eigenvalue weighted by atomic mass is 16.5. The fourth-order valence-electron chi connectivity index (χ4n) is 0.971. The Morgan fingerprint density at radius 3 is 2.64 bits per heavy atom. The zero-order valence-electron chi connectivity index (χ0n) is 9.19. The Morgan fingerprint density at radius 1 is 1.50 bits per heavy atom. The SMILES string of the molecule is CCCC[C@@H](O)/C=C/C(=O)OC(C)C. The van der Waals surface area contributed by atoms with Gasteiger partial charge in [0, 0.05) is 6.08 Å². The Kier molecular flexibility index (Phi) is 7.11. The highest BCUT2D eigenvalue weighted by molar-refractivity contribution is 5.82. The number of carbonyl (C=O) groups is 1. The summed E-state index contributed by atoms with van der Waals surface area (Å²) in [6, 6.07) is 0. The van der Waals surface area contributed by atoms with Crippen LogP contribution in [0.5, 0.6) is 0 Å². The van der Waals surface area contributed by atoms with Gasteiger partial charge in [-0.15, -0.1) is 0 Å². The molecule has 0 saturated heterocycles. The molecule has 0 aliphatic carbocycles. The van der Waals surface area contributed by atoms with Gasteiger partial charge in [-0.3, -0.25) is 0 Å². The molecular weight excluding hydrogens is 180 g/mol. The van der Waals surface area contributed by atoms with Gasteiger partial charge >= 0.3 is 5.97 Å². The van der Waals surface area contributed by atoms with E-state index < -0.39 is 12.1 Å². The van der Waals surface area contributed by atoms with Gasteiger partial charge in [-0.1, -0.05) is 19.8 Å². The zero-order valence-corrected chi connectivity index (χ0v) is 9.19. The summed E-state index contributed by atoms with van der Waals surface area (Å²) in [6.45, 7) is 5.64. The van der Waals surface area contributed by atoms with E-state index in [0.717, 1.165) is 12.8 Å². The molecule has 3 heteroatoms. The highest BCUT2D eigenvalue weighted by Crippen LogP contribution is 2.01. The quantitative estimate of drug-likeness (QED) is 0.527. The summed E-state index contributed by atoms with van der Waals surface area (Å²) >= 11 is 0. The van der Waals surface area contributed by atoms with Crippen LogP contribution in [0.3, 0.4) is 0 Å². The summed E-state index contributed by atoms with van der Waals surface area (Å²) in [5.74, 6) is -0.393. The number of esters is 1. The predicted octanol–water partition coefficient (Wildman–Crippen LogP) is 2.05. The molecule has 0 aliphatic rings. The third kappa shape index (κ3) is 7.80. The number of hydrogen-bond acceptors (Lipinski definition) is 3. The lowest BCUT2D eigenvalue weighted by Gasteiger charge is -2.05. The lowest BCUT2D eigenvalue weighted by molar-refractivity contribution is -0.141. The second-order valence-electron chi connectivity index (χ2n) is 3.55. The topological polar surface area (TPSA) is 46.5 Å². The predicted molar refractivity (Wildman–Crippen MR) is 55.9 cm³/mol. The first-order valence-corrected chi connectivity index (χ1v) is 5.13. The monoisotopic (exact) mass is 200 g/mol. The van der Waals surface area contributed by atoms with Crippen LogP contribution in [0.2, 0.25) is 0 Å². The maximum atomic E-state index is 11.0. The second-order valence-corrected chi connectivity index (χ2v) is 3.55. The van der Waals surface area contributed by atoms with Crippen LogP contribution in [0.4, 0.5) is 0 Å². The summed E-state index contributed by atoms with van der Waals surface area (Å²) in [6.07, 6.45) is 4.84. The first-order chi connectivity index (χ1) is 6.56. The molecule has 1 atom stereocenters. The first-order valence-electron chi connectivity index (χ1n) is 5.13. The van der Waals surface area contributed by atoms with Crippen LogP contribution in [-0.2, 0) is 9.53 Å². The van der Waals surface area contributed by atoms with E-state index in [2.05, 4.69) is 6.92 Å². The number of carbonyl (C=O) groups excluding carboxylic acids is 1. The largest absolute Gasteiger partial charge is 0.460 e. The smallest absolute Gasteiger partial charge is 0.330 e. The van der Waals surface area contributed by atoms with Crippen LogP contribution in [0.25, 0.3) is 0 Å². The van der Waals surface area contributed by atoms with Crippen LogP contribution in [0, 0.1) is 0 Å². The van der Waals surface area contributed by atoms with Crippen molar-refractivity contribution in [3.63, 3.8) is 0 Å². The van der Waals surface area contributed by atoms with Gasteiger partial charge in [0.05, 0.1) is 12.2 Å². The van der Waals surface area contributed by atoms with Gasteiger partial charge in [0.2, 0.25) is 0 Å². The van der Waals surface area contributed by atoms with Gasteiger partial charge < -0.3 is 9.84 Å². The average Bonchev–Trinajstić information content (AvgIpc) is 2.10. The molecule has 3 nitrogen and oxygen atoms in total. The molecule has 0 unspecified atom stereocenters. The maximum Gasteiger partial charge on any atom is 0.330 e. The average molecular weight is 200 g/mol. The molecule has 0 amide bonds. The molecule has 0 rings (SSSR count). The summed E-state index contributed by atoms with van der Waals surface area (Å²) in [5, 5.41) is 9.37. The van der Waals surface area contributed by atoms with Crippen molar-refractivity contribution in [3.05, 3.63) is 12.2 Å². The van der Waals surface area contributed by atoms with Gasteiger partial charge in [-0.05, 0) is 26.3 Å². The van der Waals surface area contributed by atoms with Gasteiger partial charge in [0.15, 0.2) is 0 Å². The number of rotatable bonds is 6. The molecule has 0 aliphatic heterocycles. The first kappa shape index (κ1) is 13.2.